The molecule has 0 saturated carbocycles. The van der Waals surface area contributed by atoms with Crippen LogP contribution in [-0.4, -0.2) is 22.4 Å². The summed E-state index contributed by atoms with van der Waals surface area (Å²) >= 11 is 0. The number of para-hydroxylation sites is 2. The molecule has 0 aliphatic carbocycles. The predicted octanol–water partition coefficient (Wildman–Crippen LogP) is 19.2. The number of carbonyl (C=O) groups is 1. The number of benzene rings is 4. The van der Waals surface area contributed by atoms with Crippen LogP contribution in [-0.2, 0) is 22.5 Å². The lowest BCUT2D eigenvalue weighted by Crippen LogP contribution is -2.09. The Kier molecular flexibility index (Phi) is 22.5. The fourth-order valence-corrected chi connectivity index (χ4v) is 10.3. The molecule has 0 atom stereocenters. The maximum absolute atomic E-state index is 14.0. The number of aromatic nitrogens is 2. The zero-order valence-electron chi connectivity index (χ0n) is 42.0. The second kappa shape index (κ2) is 29.2. The number of aryl methyl sites for hydroxylation is 2. The molecule has 0 aliphatic heterocycles. The van der Waals surface area contributed by atoms with Crippen molar-refractivity contribution in [2.24, 2.45) is 0 Å². The Morgan fingerprint density at radius 3 is 1.24 bits per heavy atom. The molecule has 2 heterocycles. The molecule has 68 heavy (non-hydrogen) atoms. The van der Waals surface area contributed by atoms with E-state index < -0.39 is 7.47 Å². The fourth-order valence-electron chi connectivity index (χ4n) is 10.3. The van der Waals surface area contributed by atoms with Gasteiger partial charge >= 0.3 is 7.47 Å². The van der Waals surface area contributed by atoms with E-state index >= 15 is 0 Å². The Hall–Kier alpha value is -4.91. The molecule has 0 unspecified atom stereocenters. The number of ketones is 1. The van der Waals surface area contributed by atoms with Crippen LogP contribution in [0.4, 0.5) is 8.63 Å². The number of hydrogen-bond acceptors (Lipinski definition) is 2. The molecule has 0 radical (unpaired) electrons. The first-order valence-corrected chi connectivity index (χ1v) is 27.0. The molecule has 0 spiro atoms. The van der Waals surface area contributed by atoms with Crippen LogP contribution in [0.25, 0.3) is 55.8 Å². The second-order valence-corrected chi connectivity index (χ2v) is 19.3. The van der Waals surface area contributed by atoms with Gasteiger partial charge < -0.3 is 13.8 Å². The lowest BCUT2D eigenvalue weighted by molar-refractivity contribution is -0.111. The van der Waals surface area contributed by atoms with Crippen molar-refractivity contribution in [2.45, 2.75) is 194 Å². The first-order valence-electron chi connectivity index (χ1n) is 27.0. The summed E-state index contributed by atoms with van der Waals surface area (Å²) in [5, 5.41) is 4.81. The minimum atomic E-state index is -3.07. The number of allylic oxidation sites excluding steroid dienone is 3. The van der Waals surface area contributed by atoms with Gasteiger partial charge in [-0.15, -0.1) is 0 Å². The van der Waals surface area contributed by atoms with Crippen molar-refractivity contribution in [1.82, 2.24) is 9.13 Å². The summed E-state index contributed by atoms with van der Waals surface area (Å²) in [7, 11) is -3.07. The third-order valence-electron chi connectivity index (χ3n) is 14.1. The first kappa shape index (κ1) is 52.5. The van der Waals surface area contributed by atoms with Gasteiger partial charge in [-0.3, -0.25) is 4.79 Å². The Labute approximate surface area is 408 Å². The van der Waals surface area contributed by atoms with E-state index in [1.807, 2.05) is 19.1 Å². The standard InChI is InChI=1S/C61H81BF2N2O2/c1-4-7-9-11-13-15-17-19-21-23-25-31-45-65-56-35-29-27-33-52(56)54-41-37-49(47-58(54)65)39-43-60(67)51(6-3)61(68-62(63)64)44-40-50-38-42-55-53-34-28-30-36-57(53)66(59(55)48-50)46-32-26-24-22-20-18-16-14-12-10-8-5-2/h27-30,33-44,47-48H,4-26,31-32,45-46H2,1-3H3/b43-39+,44-40+,61-51-. The van der Waals surface area contributed by atoms with Crippen molar-refractivity contribution in [2.75, 3.05) is 0 Å². The third kappa shape index (κ3) is 15.6. The molecule has 0 fully saturated rings. The van der Waals surface area contributed by atoms with Crippen molar-refractivity contribution in [3.8, 4) is 0 Å². The highest BCUT2D eigenvalue weighted by atomic mass is 19.2. The minimum absolute atomic E-state index is 0.104. The van der Waals surface area contributed by atoms with E-state index in [0.29, 0.717) is 0 Å². The Morgan fingerprint density at radius 1 is 0.471 bits per heavy atom. The molecular formula is C61H81BF2N2O2. The summed E-state index contributed by atoms with van der Waals surface area (Å²) < 4.78 is 37.9. The molecule has 0 saturated heterocycles. The summed E-state index contributed by atoms with van der Waals surface area (Å²) in [6.07, 6.45) is 38.4. The highest BCUT2D eigenvalue weighted by Gasteiger charge is 2.22. The van der Waals surface area contributed by atoms with Gasteiger partial charge in [0.1, 0.15) is 5.76 Å². The Balaban J connectivity index is 1.10. The Bertz CT molecular complexity index is 2540. The van der Waals surface area contributed by atoms with Gasteiger partial charge in [0.25, 0.3) is 0 Å². The van der Waals surface area contributed by atoms with E-state index in [1.54, 1.807) is 12.2 Å². The first-order chi connectivity index (χ1) is 33.4. The van der Waals surface area contributed by atoms with Gasteiger partial charge in [-0.25, -0.2) is 8.63 Å². The van der Waals surface area contributed by atoms with Crippen LogP contribution in [0.3, 0.4) is 0 Å². The molecule has 0 aliphatic rings. The largest absolute Gasteiger partial charge is 0.796 e. The van der Waals surface area contributed by atoms with E-state index in [9.17, 15) is 13.4 Å². The lowest BCUT2D eigenvalue weighted by atomic mass is 10.0. The van der Waals surface area contributed by atoms with E-state index in [1.165, 1.54) is 186 Å². The quantitative estimate of drug-likeness (QED) is 0.0133. The average molecular weight is 923 g/mol. The Morgan fingerprint density at radius 2 is 0.838 bits per heavy atom. The molecule has 6 aromatic rings. The zero-order valence-corrected chi connectivity index (χ0v) is 42.0. The van der Waals surface area contributed by atoms with E-state index in [-0.39, 0.29) is 23.5 Å². The molecule has 7 heteroatoms. The summed E-state index contributed by atoms with van der Waals surface area (Å²) in [5.74, 6) is -0.449. The van der Waals surface area contributed by atoms with Crippen LogP contribution in [0.5, 0.6) is 0 Å². The lowest BCUT2D eigenvalue weighted by Gasteiger charge is -2.10. The number of carbonyl (C=O) groups excluding carboxylic acids is 1. The second-order valence-electron chi connectivity index (χ2n) is 19.3. The van der Waals surface area contributed by atoms with Crippen molar-refractivity contribution >= 4 is 69.0 Å². The van der Waals surface area contributed by atoms with Gasteiger partial charge in [-0.1, -0.05) is 235 Å². The predicted molar refractivity (Wildman–Crippen MR) is 290 cm³/mol. The molecule has 0 N–H and O–H groups in total. The molecule has 2 aromatic heterocycles. The van der Waals surface area contributed by atoms with Crippen molar-refractivity contribution in [3.63, 3.8) is 0 Å². The number of halogens is 2. The van der Waals surface area contributed by atoms with Crippen molar-refractivity contribution in [3.05, 3.63) is 120 Å². The molecule has 0 amide bonds. The molecule has 4 nitrogen and oxygen atoms in total. The normalized spacial score (nSPS) is 12.5. The van der Waals surface area contributed by atoms with Gasteiger partial charge in [0.05, 0.1) is 0 Å². The van der Waals surface area contributed by atoms with Gasteiger partial charge in [0, 0.05) is 62.3 Å². The number of fused-ring (bicyclic) bond motifs is 6. The maximum Gasteiger partial charge on any atom is 0.796 e. The highest BCUT2D eigenvalue weighted by Crippen LogP contribution is 2.33. The summed E-state index contributed by atoms with van der Waals surface area (Å²) in [6, 6.07) is 29.7. The summed E-state index contributed by atoms with van der Waals surface area (Å²) in [4.78, 5) is 13.9. The van der Waals surface area contributed by atoms with Crippen LogP contribution in [0, 0.1) is 0 Å². The topological polar surface area (TPSA) is 36.2 Å². The van der Waals surface area contributed by atoms with E-state index in [4.69, 9.17) is 4.65 Å². The monoisotopic (exact) mass is 923 g/mol. The summed E-state index contributed by atoms with van der Waals surface area (Å²) in [6.45, 7) is 8.21. The molecule has 4 aromatic carbocycles. The van der Waals surface area contributed by atoms with Crippen LogP contribution in [0.15, 0.2) is 108 Å². The van der Waals surface area contributed by atoms with Gasteiger partial charge in [0.15, 0.2) is 5.78 Å². The maximum atomic E-state index is 14.0. The van der Waals surface area contributed by atoms with Crippen LogP contribution in [0.2, 0.25) is 0 Å². The van der Waals surface area contributed by atoms with Crippen molar-refractivity contribution in [1.29, 1.82) is 0 Å². The molecular weight excluding hydrogens is 841 g/mol. The van der Waals surface area contributed by atoms with Crippen molar-refractivity contribution < 1.29 is 18.1 Å². The number of nitrogens with zero attached hydrogens (tertiary/aromatic N) is 2. The number of rotatable bonds is 34. The molecule has 364 valence electrons. The SMILES string of the molecule is CCCCCCCCCCCCCCn1c2ccccc2c2ccc(/C=C/C(=O)/C(CC)=C(/C=C/c3ccc4c5ccccc5n(CCCCCCCCCCCCCC)c4c3)OB(F)F)cc21. The average Bonchev–Trinajstić information content (AvgIpc) is 3.84. The number of unbranched alkanes of at least 4 members (excludes halogenated alkanes) is 22. The fraction of sp³-hybridized carbons (Fsp3) is 0.492. The zero-order chi connectivity index (χ0) is 47.8. The summed E-state index contributed by atoms with van der Waals surface area (Å²) in [5.41, 5.74) is 6.65. The minimum Gasteiger partial charge on any atom is -0.505 e. The highest BCUT2D eigenvalue weighted by molar-refractivity contribution is 6.35. The van der Waals surface area contributed by atoms with Crippen LogP contribution >= 0.6 is 0 Å². The van der Waals surface area contributed by atoms with E-state index in [0.717, 1.165) is 48.1 Å². The van der Waals surface area contributed by atoms with E-state index in [2.05, 4.69) is 95.8 Å². The van der Waals surface area contributed by atoms with Gasteiger partial charge in [0.2, 0.25) is 0 Å². The molecule has 0 bridgehead atoms. The van der Waals surface area contributed by atoms with Gasteiger partial charge in [-0.05, 0) is 66.8 Å². The smallest absolute Gasteiger partial charge is 0.505 e. The van der Waals surface area contributed by atoms with Crippen LogP contribution < -0.4 is 0 Å². The number of hydrogen-bond donors (Lipinski definition) is 0. The van der Waals surface area contributed by atoms with Crippen LogP contribution in [0.1, 0.15) is 192 Å². The third-order valence-corrected chi connectivity index (χ3v) is 14.1. The van der Waals surface area contributed by atoms with Gasteiger partial charge in [-0.2, -0.15) is 0 Å². The molecule has 6 rings (SSSR count).